The summed E-state index contributed by atoms with van der Waals surface area (Å²) < 4.78 is 11.8. The molecule has 1 unspecified atom stereocenters. The number of benzene rings is 1. The summed E-state index contributed by atoms with van der Waals surface area (Å²) in [7, 11) is 0. The van der Waals surface area contributed by atoms with Crippen molar-refractivity contribution >= 4 is 17.1 Å². The van der Waals surface area contributed by atoms with Gasteiger partial charge in [0.2, 0.25) is 0 Å². The van der Waals surface area contributed by atoms with Gasteiger partial charge in [-0.05, 0) is 37.2 Å². The van der Waals surface area contributed by atoms with Crippen LogP contribution in [-0.4, -0.2) is 15.7 Å². The monoisotopic (exact) mass is 211 g/mol. The molecule has 14 heavy (non-hydrogen) atoms. The lowest BCUT2D eigenvalue weighted by atomic mass is 10.2. The van der Waals surface area contributed by atoms with E-state index in [2.05, 4.69) is 0 Å². The number of carbonyl (C=O) groups is 1. The molecule has 0 bridgehead atoms. The molecule has 0 fully saturated rings. The lowest BCUT2D eigenvalue weighted by Crippen LogP contribution is -2.20. The first-order valence-corrected chi connectivity index (χ1v) is 5.54. The van der Waals surface area contributed by atoms with Crippen LogP contribution < -0.4 is 5.73 Å². The molecule has 0 aliphatic heterocycles. The quantitative estimate of drug-likeness (QED) is 0.766. The Morgan fingerprint density at radius 3 is 2.50 bits per heavy atom. The van der Waals surface area contributed by atoms with Crippen molar-refractivity contribution in [3.8, 4) is 0 Å². The van der Waals surface area contributed by atoms with Crippen LogP contribution in [0.2, 0.25) is 0 Å². The van der Waals surface area contributed by atoms with E-state index >= 15 is 0 Å². The van der Waals surface area contributed by atoms with Gasteiger partial charge in [-0.3, -0.25) is 4.79 Å². The number of rotatable bonds is 3. The van der Waals surface area contributed by atoms with E-state index in [1.807, 2.05) is 13.8 Å². The van der Waals surface area contributed by atoms with Gasteiger partial charge in [0, 0.05) is 0 Å². The van der Waals surface area contributed by atoms with Crippen molar-refractivity contribution in [2.75, 3.05) is 0 Å². The molecule has 0 spiro atoms. The van der Waals surface area contributed by atoms with Crippen LogP contribution in [0, 0.1) is 0 Å². The van der Waals surface area contributed by atoms with E-state index in [0.717, 1.165) is 0 Å². The lowest BCUT2D eigenvalue weighted by molar-refractivity contribution is 0.0997. The molecule has 0 aromatic heterocycles. The second kappa shape index (κ2) is 4.48. The van der Waals surface area contributed by atoms with Crippen LogP contribution >= 0.6 is 0 Å². The summed E-state index contributed by atoms with van der Waals surface area (Å²) in [5.74, 6) is -0.533. The van der Waals surface area contributed by atoms with E-state index in [1.165, 1.54) is 0 Å². The Balaban J connectivity index is 3.13. The SMILES string of the molecule is CC(C)[S+]([O-])c1ccccc1C(N)=O. The summed E-state index contributed by atoms with van der Waals surface area (Å²) in [6.07, 6.45) is 0. The van der Waals surface area contributed by atoms with Gasteiger partial charge in [-0.2, -0.15) is 0 Å². The molecule has 1 aromatic rings. The highest BCUT2D eigenvalue weighted by molar-refractivity contribution is 7.92. The topological polar surface area (TPSA) is 66.2 Å². The summed E-state index contributed by atoms with van der Waals surface area (Å²) in [6, 6.07) is 6.73. The van der Waals surface area contributed by atoms with Crippen LogP contribution in [0.15, 0.2) is 29.2 Å². The number of nitrogens with two attached hydrogens (primary N) is 1. The van der Waals surface area contributed by atoms with Crippen molar-refractivity contribution in [2.24, 2.45) is 5.73 Å². The normalized spacial score (nSPS) is 12.9. The molecule has 76 valence electrons. The van der Waals surface area contributed by atoms with Gasteiger partial charge in [-0.1, -0.05) is 12.1 Å². The van der Waals surface area contributed by atoms with E-state index in [-0.39, 0.29) is 5.25 Å². The Morgan fingerprint density at radius 1 is 1.43 bits per heavy atom. The Morgan fingerprint density at radius 2 is 2.00 bits per heavy atom. The van der Waals surface area contributed by atoms with Gasteiger partial charge in [0.1, 0.15) is 5.25 Å². The third-order valence-electron chi connectivity index (χ3n) is 1.80. The van der Waals surface area contributed by atoms with E-state index in [9.17, 15) is 9.35 Å². The molecular formula is C10H13NO2S. The maximum atomic E-state index is 11.8. The number of primary amides is 1. The molecule has 0 heterocycles. The van der Waals surface area contributed by atoms with E-state index in [0.29, 0.717) is 10.5 Å². The second-order valence-corrected chi connectivity index (χ2v) is 5.18. The Bertz CT molecular complexity index is 339. The average molecular weight is 211 g/mol. The molecular weight excluding hydrogens is 198 g/mol. The van der Waals surface area contributed by atoms with Crippen molar-refractivity contribution in [3.05, 3.63) is 29.8 Å². The van der Waals surface area contributed by atoms with E-state index in [4.69, 9.17) is 5.73 Å². The molecule has 0 saturated heterocycles. The molecule has 1 aromatic carbocycles. The van der Waals surface area contributed by atoms with Crippen molar-refractivity contribution < 1.29 is 9.35 Å². The molecule has 1 rings (SSSR count). The summed E-state index contributed by atoms with van der Waals surface area (Å²) in [6.45, 7) is 3.68. The van der Waals surface area contributed by atoms with E-state index < -0.39 is 17.1 Å². The van der Waals surface area contributed by atoms with Crippen LogP contribution in [0.1, 0.15) is 24.2 Å². The van der Waals surface area contributed by atoms with Gasteiger partial charge in [-0.25, -0.2) is 0 Å². The van der Waals surface area contributed by atoms with Crippen LogP contribution in [0.3, 0.4) is 0 Å². The second-order valence-electron chi connectivity index (χ2n) is 3.21. The van der Waals surface area contributed by atoms with Gasteiger partial charge in [0.25, 0.3) is 5.91 Å². The summed E-state index contributed by atoms with van der Waals surface area (Å²) in [5, 5.41) is -0.0181. The van der Waals surface area contributed by atoms with Crippen LogP contribution in [0.4, 0.5) is 0 Å². The molecule has 0 radical (unpaired) electrons. The summed E-state index contributed by atoms with van der Waals surface area (Å²) in [5.41, 5.74) is 5.53. The molecule has 1 atom stereocenters. The minimum atomic E-state index is -1.17. The van der Waals surface area contributed by atoms with Crippen molar-refractivity contribution in [1.82, 2.24) is 0 Å². The first kappa shape index (κ1) is 11.1. The van der Waals surface area contributed by atoms with Crippen LogP contribution in [-0.2, 0) is 11.2 Å². The maximum absolute atomic E-state index is 11.8. The predicted octanol–water partition coefficient (Wildman–Crippen LogP) is 1.30. The minimum absolute atomic E-state index is 0.0181. The van der Waals surface area contributed by atoms with Gasteiger partial charge in [0.05, 0.1) is 5.56 Å². The smallest absolute Gasteiger partial charge is 0.253 e. The predicted molar refractivity (Wildman–Crippen MR) is 56.5 cm³/mol. The average Bonchev–Trinajstić information content (AvgIpc) is 2.16. The Hall–Kier alpha value is -1.00. The van der Waals surface area contributed by atoms with Crippen molar-refractivity contribution in [1.29, 1.82) is 0 Å². The van der Waals surface area contributed by atoms with Crippen molar-refractivity contribution in [2.45, 2.75) is 24.0 Å². The van der Waals surface area contributed by atoms with E-state index in [1.54, 1.807) is 24.3 Å². The van der Waals surface area contributed by atoms with Gasteiger partial charge < -0.3 is 10.3 Å². The van der Waals surface area contributed by atoms with Gasteiger partial charge >= 0.3 is 0 Å². The highest BCUT2D eigenvalue weighted by Crippen LogP contribution is 2.19. The number of hydrogen-bond donors (Lipinski definition) is 1. The fraction of sp³-hybridized carbons (Fsp3) is 0.300. The molecule has 0 aliphatic carbocycles. The first-order chi connectivity index (χ1) is 6.54. The standard InChI is InChI=1S/C10H13NO2S/c1-7(2)14(13)9-6-4-3-5-8(9)10(11)12/h3-7H,1-2H3,(H2,11,12). The zero-order chi connectivity index (χ0) is 10.7. The third-order valence-corrected chi connectivity index (χ3v) is 3.44. The van der Waals surface area contributed by atoms with Crippen LogP contribution in [0.5, 0.6) is 0 Å². The fourth-order valence-electron chi connectivity index (χ4n) is 1.10. The van der Waals surface area contributed by atoms with Crippen molar-refractivity contribution in [3.63, 3.8) is 0 Å². The first-order valence-electron chi connectivity index (χ1n) is 4.33. The number of hydrogen-bond acceptors (Lipinski definition) is 2. The maximum Gasteiger partial charge on any atom is 0.253 e. The van der Waals surface area contributed by atoms with Crippen LogP contribution in [0.25, 0.3) is 0 Å². The number of carbonyl (C=O) groups excluding carboxylic acids is 1. The molecule has 0 aliphatic rings. The molecule has 4 heteroatoms. The molecule has 1 amide bonds. The van der Waals surface area contributed by atoms with Gasteiger partial charge in [0.15, 0.2) is 4.90 Å². The lowest BCUT2D eigenvalue weighted by Gasteiger charge is -2.15. The Labute approximate surface area is 86.5 Å². The zero-order valence-electron chi connectivity index (χ0n) is 8.19. The minimum Gasteiger partial charge on any atom is -0.611 e. The highest BCUT2D eigenvalue weighted by atomic mass is 32.2. The van der Waals surface area contributed by atoms with Gasteiger partial charge in [-0.15, -0.1) is 0 Å². The molecule has 2 N–H and O–H groups in total. The largest absolute Gasteiger partial charge is 0.611 e. The third kappa shape index (κ3) is 2.27. The fourth-order valence-corrected chi connectivity index (χ4v) is 2.21. The summed E-state index contributed by atoms with van der Waals surface area (Å²) >= 11 is -1.17. The zero-order valence-corrected chi connectivity index (χ0v) is 9.01. The Kier molecular flexibility index (Phi) is 3.55. The molecule has 0 saturated carbocycles. The highest BCUT2D eigenvalue weighted by Gasteiger charge is 2.21. The number of amides is 1. The summed E-state index contributed by atoms with van der Waals surface area (Å²) in [4.78, 5) is 11.6. The molecule has 3 nitrogen and oxygen atoms in total.